The molecule has 3 amide bonds. The Morgan fingerprint density at radius 1 is 1.12 bits per heavy atom. The number of carbonyl (C=O) groups excluding carboxylic acids is 2. The highest BCUT2D eigenvalue weighted by Crippen LogP contribution is 2.16. The van der Waals surface area contributed by atoms with Crippen LogP contribution in [-0.2, 0) is 17.8 Å². The Bertz CT molecular complexity index is 707. The van der Waals surface area contributed by atoms with Crippen LogP contribution in [0.2, 0.25) is 0 Å². The summed E-state index contributed by atoms with van der Waals surface area (Å²) in [5, 5.41) is 4.99. The van der Waals surface area contributed by atoms with E-state index in [4.69, 9.17) is 5.73 Å². The van der Waals surface area contributed by atoms with Gasteiger partial charge in [-0.1, -0.05) is 12.1 Å². The molecular weight excluding hydrogens is 320 g/mol. The Hall–Kier alpha value is -3.16. The molecule has 8 heteroatoms. The number of rotatable bonds is 8. The molecule has 0 radical (unpaired) electrons. The topological polar surface area (TPSA) is 113 Å². The van der Waals surface area contributed by atoms with Crippen LogP contribution in [0.4, 0.5) is 10.6 Å². The van der Waals surface area contributed by atoms with E-state index in [1.807, 2.05) is 42.3 Å². The number of anilines is 1. The second-order valence-electron chi connectivity index (χ2n) is 5.47. The molecule has 0 atom stereocenters. The standard InChI is InChI=1S/C17H22N6O2/c1-23(10-7-14-6-2-3-8-19-14)16-13(5-4-9-20-16)11-21-15(24)12-22-17(18)25/h2-6,8-9H,7,10-12H2,1H3,(H,21,24)(H3,18,22,25). The number of likely N-dealkylation sites (N-methyl/N-ethyl adjacent to an activating group) is 1. The van der Waals surface area contributed by atoms with Gasteiger partial charge in [0.25, 0.3) is 0 Å². The van der Waals surface area contributed by atoms with Gasteiger partial charge in [0.2, 0.25) is 5.91 Å². The summed E-state index contributed by atoms with van der Waals surface area (Å²) in [6.45, 7) is 0.912. The average Bonchev–Trinajstić information content (AvgIpc) is 2.63. The van der Waals surface area contributed by atoms with Crippen LogP contribution in [0.5, 0.6) is 0 Å². The first-order chi connectivity index (χ1) is 12.1. The Morgan fingerprint density at radius 2 is 1.92 bits per heavy atom. The van der Waals surface area contributed by atoms with Crippen LogP contribution >= 0.6 is 0 Å². The molecule has 2 heterocycles. The van der Waals surface area contributed by atoms with Gasteiger partial charge in [-0.05, 0) is 18.2 Å². The summed E-state index contributed by atoms with van der Waals surface area (Å²) < 4.78 is 0. The fourth-order valence-corrected chi connectivity index (χ4v) is 2.27. The third-order valence-electron chi connectivity index (χ3n) is 3.56. The largest absolute Gasteiger partial charge is 0.359 e. The lowest BCUT2D eigenvalue weighted by atomic mass is 10.2. The van der Waals surface area contributed by atoms with Crippen LogP contribution in [0, 0.1) is 0 Å². The van der Waals surface area contributed by atoms with E-state index in [-0.39, 0.29) is 12.5 Å². The number of hydrogen-bond acceptors (Lipinski definition) is 5. The minimum absolute atomic E-state index is 0.152. The van der Waals surface area contributed by atoms with E-state index in [1.54, 1.807) is 12.4 Å². The van der Waals surface area contributed by atoms with Crippen LogP contribution in [0.15, 0.2) is 42.7 Å². The predicted octanol–water partition coefficient (Wildman–Crippen LogP) is 0.440. The zero-order valence-corrected chi connectivity index (χ0v) is 14.1. The molecule has 0 saturated carbocycles. The summed E-state index contributed by atoms with van der Waals surface area (Å²) >= 11 is 0. The number of hydrogen-bond donors (Lipinski definition) is 3. The average molecular weight is 342 g/mol. The normalized spacial score (nSPS) is 10.1. The monoisotopic (exact) mass is 342 g/mol. The van der Waals surface area contributed by atoms with E-state index in [2.05, 4.69) is 20.6 Å². The fourth-order valence-electron chi connectivity index (χ4n) is 2.27. The predicted molar refractivity (Wildman–Crippen MR) is 94.9 cm³/mol. The van der Waals surface area contributed by atoms with Crippen LogP contribution in [-0.4, -0.2) is 42.0 Å². The number of urea groups is 1. The minimum atomic E-state index is -0.730. The van der Waals surface area contributed by atoms with Gasteiger partial charge in [0.15, 0.2) is 0 Å². The van der Waals surface area contributed by atoms with Crippen molar-refractivity contribution in [2.75, 3.05) is 25.0 Å². The van der Waals surface area contributed by atoms with Gasteiger partial charge in [-0.15, -0.1) is 0 Å². The van der Waals surface area contributed by atoms with E-state index in [0.29, 0.717) is 6.54 Å². The van der Waals surface area contributed by atoms with Crippen molar-refractivity contribution >= 4 is 17.8 Å². The highest BCUT2D eigenvalue weighted by Gasteiger charge is 2.10. The molecule has 0 fully saturated rings. The highest BCUT2D eigenvalue weighted by atomic mass is 16.2. The van der Waals surface area contributed by atoms with E-state index in [1.165, 1.54) is 0 Å². The molecule has 4 N–H and O–H groups in total. The highest BCUT2D eigenvalue weighted by molar-refractivity contribution is 5.83. The second kappa shape index (κ2) is 9.21. The number of amides is 3. The quantitative estimate of drug-likeness (QED) is 0.644. The molecule has 0 aliphatic carbocycles. The fraction of sp³-hybridized carbons (Fsp3) is 0.294. The smallest absolute Gasteiger partial charge is 0.312 e. The van der Waals surface area contributed by atoms with E-state index in [0.717, 1.165) is 30.0 Å². The number of nitrogens with one attached hydrogen (secondary N) is 2. The van der Waals surface area contributed by atoms with Crippen molar-refractivity contribution in [2.24, 2.45) is 5.73 Å². The molecule has 0 spiro atoms. The summed E-state index contributed by atoms with van der Waals surface area (Å²) in [5.41, 5.74) is 6.84. The Morgan fingerprint density at radius 3 is 2.64 bits per heavy atom. The van der Waals surface area contributed by atoms with E-state index < -0.39 is 6.03 Å². The van der Waals surface area contributed by atoms with Crippen LogP contribution in [0.1, 0.15) is 11.3 Å². The Labute approximate surface area is 146 Å². The number of pyridine rings is 2. The summed E-state index contributed by atoms with van der Waals surface area (Å²) in [7, 11) is 1.95. The van der Waals surface area contributed by atoms with Gasteiger partial charge in [0.1, 0.15) is 5.82 Å². The van der Waals surface area contributed by atoms with Crippen molar-refractivity contribution in [3.8, 4) is 0 Å². The summed E-state index contributed by atoms with van der Waals surface area (Å²) in [6.07, 6.45) is 4.28. The van der Waals surface area contributed by atoms with Gasteiger partial charge in [-0.25, -0.2) is 9.78 Å². The summed E-state index contributed by atoms with van der Waals surface area (Å²) in [5.74, 6) is 0.478. The van der Waals surface area contributed by atoms with Crippen LogP contribution < -0.4 is 21.3 Å². The molecular formula is C17H22N6O2. The van der Waals surface area contributed by atoms with Gasteiger partial charge in [0.05, 0.1) is 6.54 Å². The molecule has 2 aromatic rings. The van der Waals surface area contributed by atoms with E-state index in [9.17, 15) is 9.59 Å². The SMILES string of the molecule is CN(CCc1ccccn1)c1ncccc1CNC(=O)CNC(N)=O. The first kappa shape index (κ1) is 18.2. The van der Waals surface area contributed by atoms with Gasteiger partial charge < -0.3 is 21.3 Å². The zero-order valence-electron chi connectivity index (χ0n) is 14.1. The lowest BCUT2D eigenvalue weighted by molar-refractivity contribution is -0.120. The van der Waals surface area contributed by atoms with Gasteiger partial charge in [-0.2, -0.15) is 0 Å². The maximum atomic E-state index is 11.7. The molecule has 0 aromatic carbocycles. The Balaban J connectivity index is 1.92. The number of nitrogens with zero attached hydrogens (tertiary/aromatic N) is 3. The van der Waals surface area contributed by atoms with Crippen molar-refractivity contribution < 1.29 is 9.59 Å². The third kappa shape index (κ3) is 6.09. The van der Waals surface area contributed by atoms with Gasteiger partial charge >= 0.3 is 6.03 Å². The molecule has 0 bridgehead atoms. The van der Waals surface area contributed by atoms with Crippen LogP contribution in [0.25, 0.3) is 0 Å². The minimum Gasteiger partial charge on any atom is -0.359 e. The number of carbonyl (C=O) groups is 2. The van der Waals surface area contributed by atoms with Crippen molar-refractivity contribution in [1.82, 2.24) is 20.6 Å². The number of aromatic nitrogens is 2. The van der Waals surface area contributed by atoms with Crippen molar-refractivity contribution in [3.63, 3.8) is 0 Å². The lowest BCUT2D eigenvalue weighted by Gasteiger charge is -2.21. The third-order valence-corrected chi connectivity index (χ3v) is 3.56. The van der Waals surface area contributed by atoms with Crippen LogP contribution in [0.3, 0.4) is 0 Å². The van der Waals surface area contributed by atoms with E-state index >= 15 is 0 Å². The molecule has 0 unspecified atom stereocenters. The number of primary amides is 1. The van der Waals surface area contributed by atoms with Crippen molar-refractivity contribution in [3.05, 3.63) is 54.0 Å². The van der Waals surface area contributed by atoms with Gasteiger partial charge in [0, 0.05) is 50.2 Å². The maximum absolute atomic E-state index is 11.7. The molecule has 0 aliphatic heterocycles. The lowest BCUT2D eigenvalue weighted by Crippen LogP contribution is -2.39. The molecule has 0 saturated heterocycles. The van der Waals surface area contributed by atoms with Crippen molar-refractivity contribution in [1.29, 1.82) is 0 Å². The second-order valence-corrected chi connectivity index (χ2v) is 5.47. The first-order valence-corrected chi connectivity index (χ1v) is 7.91. The molecule has 8 nitrogen and oxygen atoms in total. The molecule has 2 rings (SSSR count). The molecule has 132 valence electrons. The molecule has 2 aromatic heterocycles. The summed E-state index contributed by atoms with van der Waals surface area (Å²) in [6, 6.07) is 8.83. The molecule has 25 heavy (non-hydrogen) atoms. The van der Waals surface area contributed by atoms with Gasteiger partial charge in [-0.3, -0.25) is 9.78 Å². The maximum Gasteiger partial charge on any atom is 0.312 e. The zero-order chi connectivity index (χ0) is 18.1. The first-order valence-electron chi connectivity index (χ1n) is 7.91. The molecule has 0 aliphatic rings. The Kier molecular flexibility index (Phi) is 6.70. The van der Waals surface area contributed by atoms with Crippen molar-refractivity contribution in [2.45, 2.75) is 13.0 Å². The summed E-state index contributed by atoms with van der Waals surface area (Å²) in [4.78, 5) is 33.1. The number of nitrogens with two attached hydrogens (primary N) is 1.